The van der Waals surface area contributed by atoms with Crippen LogP contribution < -0.4 is 5.32 Å². The lowest BCUT2D eigenvalue weighted by atomic mass is 10.2. The average Bonchev–Trinajstić information content (AvgIpc) is 2.69. The molecule has 14 heavy (non-hydrogen) atoms. The predicted octanol–water partition coefficient (Wildman–Crippen LogP) is 2.33. The van der Waals surface area contributed by atoms with Gasteiger partial charge in [0.05, 0.1) is 23.0 Å². The zero-order valence-electron chi connectivity index (χ0n) is 7.87. The summed E-state index contributed by atoms with van der Waals surface area (Å²) in [6.45, 7) is 1.69. The Labute approximate surface area is 88.4 Å². The molecular weight excluding hydrogens is 200 g/mol. The molecule has 0 aliphatic carbocycles. The van der Waals surface area contributed by atoms with Crippen molar-refractivity contribution in [3.05, 3.63) is 23.5 Å². The molecule has 1 N–H and O–H groups in total. The van der Waals surface area contributed by atoms with Crippen LogP contribution in [0.25, 0.3) is 0 Å². The van der Waals surface area contributed by atoms with Crippen LogP contribution in [0.3, 0.4) is 0 Å². The van der Waals surface area contributed by atoms with Crippen LogP contribution in [0.15, 0.2) is 18.5 Å². The second kappa shape index (κ2) is 4.62. The van der Waals surface area contributed by atoms with Gasteiger partial charge in [-0.15, -0.1) is 0 Å². The summed E-state index contributed by atoms with van der Waals surface area (Å²) >= 11 is 5.97. The third-order valence-electron chi connectivity index (χ3n) is 2.31. The molecular formula is C10H13ClN2O. The van der Waals surface area contributed by atoms with Gasteiger partial charge in [0, 0.05) is 19.3 Å². The molecule has 0 bridgehead atoms. The van der Waals surface area contributed by atoms with Crippen molar-refractivity contribution >= 4 is 17.3 Å². The predicted molar refractivity (Wildman–Crippen MR) is 56.7 cm³/mol. The first-order chi connectivity index (χ1) is 6.86. The van der Waals surface area contributed by atoms with E-state index in [2.05, 4.69) is 10.3 Å². The summed E-state index contributed by atoms with van der Waals surface area (Å²) in [5.41, 5.74) is 0.879. The van der Waals surface area contributed by atoms with Crippen molar-refractivity contribution in [2.75, 3.05) is 18.5 Å². The number of rotatable bonds is 3. The maximum atomic E-state index is 5.97. The van der Waals surface area contributed by atoms with Gasteiger partial charge in [0.15, 0.2) is 0 Å². The van der Waals surface area contributed by atoms with Gasteiger partial charge in [-0.2, -0.15) is 0 Å². The minimum absolute atomic E-state index is 0.325. The molecule has 1 aliphatic rings. The van der Waals surface area contributed by atoms with E-state index < -0.39 is 0 Å². The number of hydrogen-bond donors (Lipinski definition) is 1. The van der Waals surface area contributed by atoms with Gasteiger partial charge in [-0.3, -0.25) is 4.98 Å². The lowest BCUT2D eigenvalue weighted by molar-refractivity contribution is 0.120. The highest BCUT2D eigenvalue weighted by atomic mass is 35.5. The number of anilines is 1. The summed E-state index contributed by atoms with van der Waals surface area (Å²) < 4.78 is 5.49. The van der Waals surface area contributed by atoms with Crippen LogP contribution in [0, 0.1) is 0 Å². The lowest BCUT2D eigenvalue weighted by Gasteiger charge is -2.12. The summed E-state index contributed by atoms with van der Waals surface area (Å²) in [7, 11) is 0. The Morgan fingerprint density at radius 1 is 1.64 bits per heavy atom. The maximum Gasteiger partial charge on any atom is 0.0748 e. The number of pyridine rings is 1. The van der Waals surface area contributed by atoms with Crippen molar-refractivity contribution < 1.29 is 4.74 Å². The number of nitrogens with zero attached hydrogens (tertiary/aromatic N) is 1. The Morgan fingerprint density at radius 2 is 2.57 bits per heavy atom. The second-order valence-corrected chi connectivity index (χ2v) is 3.78. The minimum atomic E-state index is 0.325. The zero-order valence-corrected chi connectivity index (χ0v) is 8.63. The number of aromatic nitrogens is 1. The summed E-state index contributed by atoms with van der Waals surface area (Å²) in [4.78, 5) is 4.00. The first kappa shape index (κ1) is 9.74. The van der Waals surface area contributed by atoms with Crippen LogP contribution in [0.5, 0.6) is 0 Å². The number of hydrogen-bond acceptors (Lipinski definition) is 3. The van der Waals surface area contributed by atoms with Gasteiger partial charge in [0.25, 0.3) is 0 Å². The van der Waals surface area contributed by atoms with Crippen molar-refractivity contribution in [1.29, 1.82) is 0 Å². The van der Waals surface area contributed by atoms with Gasteiger partial charge in [0.1, 0.15) is 0 Å². The van der Waals surface area contributed by atoms with Gasteiger partial charge in [-0.1, -0.05) is 11.6 Å². The van der Waals surface area contributed by atoms with Crippen LogP contribution in [0.1, 0.15) is 12.8 Å². The molecule has 1 fully saturated rings. The Balaban J connectivity index is 1.88. The van der Waals surface area contributed by atoms with Gasteiger partial charge >= 0.3 is 0 Å². The first-order valence-corrected chi connectivity index (χ1v) is 5.19. The minimum Gasteiger partial charge on any atom is -0.380 e. The van der Waals surface area contributed by atoms with Crippen molar-refractivity contribution in [1.82, 2.24) is 4.98 Å². The SMILES string of the molecule is Clc1ccncc1NCC1CCCO1. The smallest absolute Gasteiger partial charge is 0.0748 e. The number of halogens is 1. The molecule has 3 nitrogen and oxygen atoms in total. The summed E-state index contributed by atoms with van der Waals surface area (Å²) in [5, 5.41) is 3.94. The zero-order chi connectivity index (χ0) is 9.80. The topological polar surface area (TPSA) is 34.2 Å². The molecule has 0 aromatic carbocycles. The first-order valence-electron chi connectivity index (χ1n) is 4.81. The van der Waals surface area contributed by atoms with Crippen molar-refractivity contribution in [2.24, 2.45) is 0 Å². The molecule has 2 heterocycles. The number of ether oxygens (including phenoxy) is 1. The van der Waals surface area contributed by atoms with Crippen LogP contribution in [-0.4, -0.2) is 24.2 Å². The Kier molecular flexibility index (Phi) is 3.22. The molecule has 4 heteroatoms. The van der Waals surface area contributed by atoms with Crippen molar-refractivity contribution in [3.8, 4) is 0 Å². The van der Waals surface area contributed by atoms with E-state index in [0.29, 0.717) is 11.1 Å². The summed E-state index contributed by atoms with van der Waals surface area (Å²) in [5.74, 6) is 0. The second-order valence-electron chi connectivity index (χ2n) is 3.37. The third-order valence-corrected chi connectivity index (χ3v) is 2.64. The number of nitrogens with one attached hydrogen (secondary N) is 1. The van der Waals surface area contributed by atoms with E-state index in [1.54, 1.807) is 18.5 Å². The van der Waals surface area contributed by atoms with E-state index in [0.717, 1.165) is 31.7 Å². The van der Waals surface area contributed by atoms with Gasteiger partial charge in [-0.05, 0) is 18.9 Å². The fourth-order valence-electron chi connectivity index (χ4n) is 1.54. The molecule has 0 spiro atoms. The third kappa shape index (κ3) is 2.36. The summed E-state index contributed by atoms with van der Waals surface area (Å²) in [6.07, 6.45) is 6.03. The molecule has 0 radical (unpaired) electrons. The molecule has 1 unspecified atom stereocenters. The van der Waals surface area contributed by atoms with Gasteiger partial charge < -0.3 is 10.1 Å². The fraction of sp³-hybridized carbons (Fsp3) is 0.500. The monoisotopic (exact) mass is 212 g/mol. The Hall–Kier alpha value is -0.800. The summed E-state index contributed by atoms with van der Waals surface area (Å²) in [6, 6.07) is 1.78. The molecule has 1 atom stereocenters. The van der Waals surface area contributed by atoms with E-state index in [1.807, 2.05) is 0 Å². The van der Waals surface area contributed by atoms with E-state index >= 15 is 0 Å². The molecule has 1 saturated heterocycles. The maximum absolute atomic E-state index is 5.97. The van der Waals surface area contributed by atoms with E-state index in [4.69, 9.17) is 16.3 Å². The Bertz CT molecular complexity index is 300. The molecule has 0 saturated carbocycles. The van der Waals surface area contributed by atoms with Crippen LogP contribution in [-0.2, 0) is 4.74 Å². The van der Waals surface area contributed by atoms with Gasteiger partial charge in [-0.25, -0.2) is 0 Å². The van der Waals surface area contributed by atoms with E-state index in [-0.39, 0.29) is 0 Å². The average molecular weight is 213 g/mol. The molecule has 0 amide bonds. The highest BCUT2D eigenvalue weighted by Gasteiger charge is 2.15. The standard InChI is InChI=1S/C10H13ClN2O/c11-9-3-4-12-7-10(9)13-6-8-2-1-5-14-8/h3-4,7-8,13H,1-2,5-6H2. The normalized spacial score (nSPS) is 21.1. The molecule has 1 aromatic heterocycles. The van der Waals surface area contributed by atoms with Crippen molar-refractivity contribution in [2.45, 2.75) is 18.9 Å². The van der Waals surface area contributed by atoms with Crippen LogP contribution in [0.2, 0.25) is 5.02 Å². The molecule has 1 aliphatic heterocycles. The quantitative estimate of drug-likeness (QED) is 0.835. The highest BCUT2D eigenvalue weighted by molar-refractivity contribution is 6.33. The van der Waals surface area contributed by atoms with E-state index in [1.165, 1.54) is 0 Å². The van der Waals surface area contributed by atoms with Crippen LogP contribution in [0.4, 0.5) is 5.69 Å². The largest absolute Gasteiger partial charge is 0.380 e. The molecule has 76 valence electrons. The van der Waals surface area contributed by atoms with Crippen molar-refractivity contribution in [3.63, 3.8) is 0 Å². The highest BCUT2D eigenvalue weighted by Crippen LogP contribution is 2.20. The molecule has 2 rings (SSSR count). The lowest BCUT2D eigenvalue weighted by Crippen LogP contribution is -2.18. The molecule has 1 aromatic rings. The van der Waals surface area contributed by atoms with Gasteiger partial charge in [0.2, 0.25) is 0 Å². The fourth-order valence-corrected chi connectivity index (χ4v) is 1.71. The van der Waals surface area contributed by atoms with E-state index in [9.17, 15) is 0 Å². The Morgan fingerprint density at radius 3 is 3.29 bits per heavy atom. The van der Waals surface area contributed by atoms with Crippen LogP contribution >= 0.6 is 11.6 Å².